The van der Waals surface area contributed by atoms with Crippen LogP contribution in [-0.4, -0.2) is 18.5 Å². The van der Waals surface area contributed by atoms with E-state index < -0.39 is 6.09 Å². The number of amides is 1. The van der Waals surface area contributed by atoms with Gasteiger partial charge in [0.15, 0.2) is 0 Å². The SMILES string of the molecule is CCOC(=O)Nc1ccc(Cl)cc1SCC#N. The molecular weight excluding hydrogens is 260 g/mol. The van der Waals surface area contributed by atoms with Gasteiger partial charge in [0.05, 0.1) is 24.1 Å². The fourth-order valence-corrected chi connectivity index (χ4v) is 2.05. The number of hydrogen-bond acceptors (Lipinski definition) is 4. The standard InChI is InChI=1S/C11H11ClN2O2S/c1-2-16-11(15)14-9-4-3-8(12)7-10(9)17-6-5-13/h3-4,7H,2,6H2,1H3,(H,14,15). The topological polar surface area (TPSA) is 62.1 Å². The van der Waals surface area contributed by atoms with Crippen molar-refractivity contribution in [3.8, 4) is 6.07 Å². The predicted molar refractivity (Wildman–Crippen MR) is 68.4 cm³/mol. The van der Waals surface area contributed by atoms with E-state index in [1.165, 1.54) is 11.8 Å². The number of hydrogen-bond donors (Lipinski definition) is 1. The molecule has 0 aliphatic heterocycles. The smallest absolute Gasteiger partial charge is 0.411 e. The highest BCUT2D eigenvalue weighted by atomic mass is 35.5. The van der Waals surface area contributed by atoms with Gasteiger partial charge in [-0.25, -0.2) is 4.79 Å². The zero-order chi connectivity index (χ0) is 12.7. The van der Waals surface area contributed by atoms with Crippen LogP contribution in [0, 0.1) is 11.3 Å². The van der Waals surface area contributed by atoms with E-state index in [-0.39, 0.29) is 5.75 Å². The lowest BCUT2D eigenvalue weighted by Gasteiger charge is -2.09. The molecule has 0 fully saturated rings. The first-order valence-electron chi connectivity index (χ1n) is 4.90. The third-order valence-electron chi connectivity index (χ3n) is 1.75. The summed E-state index contributed by atoms with van der Waals surface area (Å²) in [5, 5.41) is 11.7. The van der Waals surface area contributed by atoms with E-state index in [0.29, 0.717) is 17.3 Å². The quantitative estimate of drug-likeness (QED) is 0.850. The Morgan fingerprint density at radius 3 is 3.06 bits per heavy atom. The predicted octanol–water partition coefficient (Wildman–Crippen LogP) is 3.52. The molecule has 1 aromatic carbocycles. The van der Waals surface area contributed by atoms with Crippen molar-refractivity contribution >= 4 is 35.1 Å². The van der Waals surface area contributed by atoms with Gasteiger partial charge in [-0.2, -0.15) is 5.26 Å². The van der Waals surface area contributed by atoms with E-state index in [0.717, 1.165) is 4.90 Å². The van der Waals surface area contributed by atoms with Crippen LogP contribution in [-0.2, 0) is 4.74 Å². The Morgan fingerprint density at radius 2 is 2.41 bits per heavy atom. The molecule has 1 N–H and O–H groups in total. The summed E-state index contributed by atoms with van der Waals surface area (Å²) in [6.07, 6.45) is -0.520. The second-order valence-electron chi connectivity index (χ2n) is 2.93. The molecule has 4 nitrogen and oxygen atoms in total. The van der Waals surface area contributed by atoms with Crippen LogP contribution >= 0.6 is 23.4 Å². The van der Waals surface area contributed by atoms with Crippen LogP contribution in [0.3, 0.4) is 0 Å². The monoisotopic (exact) mass is 270 g/mol. The summed E-state index contributed by atoms with van der Waals surface area (Å²) in [6, 6.07) is 7.06. The van der Waals surface area contributed by atoms with E-state index in [2.05, 4.69) is 5.32 Å². The van der Waals surface area contributed by atoms with Crippen molar-refractivity contribution in [1.29, 1.82) is 5.26 Å². The molecule has 1 rings (SSSR count). The zero-order valence-corrected chi connectivity index (χ0v) is 10.8. The van der Waals surface area contributed by atoms with Crippen molar-refractivity contribution in [2.75, 3.05) is 17.7 Å². The van der Waals surface area contributed by atoms with E-state index in [9.17, 15) is 4.79 Å². The maximum Gasteiger partial charge on any atom is 0.411 e. The van der Waals surface area contributed by atoms with E-state index in [1.807, 2.05) is 6.07 Å². The van der Waals surface area contributed by atoms with Crippen molar-refractivity contribution in [3.63, 3.8) is 0 Å². The number of anilines is 1. The second kappa shape index (κ2) is 7.05. The van der Waals surface area contributed by atoms with Crippen LogP contribution in [0.2, 0.25) is 5.02 Å². The highest BCUT2D eigenvalue weighted by molar-refractivity contribution is 7.99. The molecule has 0 unspecified atom stereocenters. The van der Waals surface area contributed by atoms with Crippen molar-refractivity contribution in [2.24, 2.45) is 0 Å². The Hall–Kier alpha value is -1.38. The highest BCUT2D eigenvalue weighted by Gasteiger charge is 2.08. The van der Waals surface area contributed by atoms with Crippen LogP contribution in [0.5, 0.6) is 0 Å². The Balaban J connectivity index is 2.82. The van der Waals surface area contributed by atoms with Gasteiger partial charge >= 0.3 is 6.09 Å². The molecule has 0 saturated carbocycles. The average molecular weight is 271 g/mol. The largest absolute Gasteiger partial charge is 0.450 e. The molecule has 0 heterocycles. The second-order valence-corrected chi connectivity index (χ2v) is 4.39. The van der Waals surface area contributed by atoms with Crippen molar-refractivity contribution in [1.82, 2.24) is 0 Å². The maximum absolute atomic E-state index is 11.3. The Bertz CT molecular complexity index is 446. The van der Waals surface area contributed by atoms with Gasteiger partial charge in [-0.1, -0.05) is 11.6 Å². The number of carbonyl (C=O) groups excluding carboxylic acids is 1. The Kier molecular flexibility index (Phi) is 5.67. The summed E-state index contributed by atoms with van der Waals surface area (Å²) in [7, 11) is 0. The number of nitrogens with one attached hydrogen (secondary N) is 1. The molecule has 0 radical (unpaired) electrons. The first-order chi connectivity index (χ1) is 8.17. The summed E-state index contributed by atoms with van der Waals surface area (Å²) < 4.78 is 4.78. The number of thioether (sulfide) groups is 1. The highest BCUT2D eigenvalue weighted by Crippen LogP contribution is 2.30. The van der Waals surface area contributed by atoms with E-state index >= 15 is 0 Å². The van der Waals surface area contributed by atoms with Gasteiger partial charge in [0, 0.05) is 9.92 Å². The number of nitriles is 1. The molecule has 90 valence electrons. The fraction of sp³-hybridized carbons (Fsp3) is 0.273. The van der Waals surface area contributed by atoms with Gasteiger partial charge in [0.1, 0.15) is 0 Å². The lowest BCUT2D eigenvalue weighted by molar-refractivity contribution is 0.168. The van der Waals surface area contributed by atoms with E-state index in [1.54, 1.807) is 25.1 Å². The van der Waals surface area contributed by atoms with E-state index in [4.69, 9.17) is 21.6 Å². The Labute approximate surface area is 109 Å². The molecule has 0 atom stereocenters. The van der Waals surface area contributed by atoms with Gasteiger partial charge in [0.25, 0.3) is 0 Å². The van der Waals surface area contributed by atoms with Crippen LogP contribution < -0.4 is 5.32 Å². The minimum atomic E-state index is -0.520. The number of halogens is 1. The average Bonchev–Trinajstić information content (AvgIpc) is 2.30. The van der Waals surface area contributed by atoms with Crippen LogP contribution in [0.4, 0.5) is 10.5 Å². The van der Waals surface area contributed by atoms with Gasteiger partial charge in [0.2, 0.25) is 0 Å². The fourth-order valence-electron chi connectivity index (χ4n) is 1.11. The van der Waals surface area contributed by atoms with Gasteiger partial charge in [-0.15, -0.1) is 11.8 Å². The van der Waals surface area contributed by atoms with Gasteiger partial charge in [-0.3, -0.25) is 5.32 Å². The number of ether oxygens (including phenoxy) is 1. The molecule has 0 saturated heterocycles. The maximum atomic E-state index is 11.3. The normalized spacial score (nSPS) is 9.47. The summed E-state index contributed by atoms with van der Waals surface area (Å²) >= 11 is 7.16. The van der Waals surface area contributed by atoms with Crippen molar-refractivity contribution in [2.45, 2.75) is 11.8 Å². The molecule has 0 spiro atoms. The molecule has 0 bridgehead atoms. The first-order valence-corrected chi connectivity index (χ1v) is 6.26. The molecule has 0 aliphatic carbocycles. The third kappa shape index (κ3) is 4.55. The summed E-state index contributed by atoms with van der Waals surface area (Å²) in [5.41, 5.74) is 0.591. The lowest BCUT2D eigenvalue weighted by atomic mass is 10.3. The van der Waals surface area contributed by atoms with Crippen LogP contribution in [0.1, 0.15) is 6.92 Å². The summed E-state index contributed by atoms with van der Waals surface area (Å²) in [5.74, 6) is 0.290. The molecule has 17 heavy (non-hydrogen) atoms. The minimum Gasteiger partial charge on any atom is -0.450 e. The molecule has 1 aromatic rings. The zero-order valence-electron chi connectivity index (χ0n) is 9.20. The van der Waals surface area contributed by atoms with Crippen molar-refractivity contribution in [3.05, 3.63) is 23.2 Å². The number of benzene rings is 1. The van der Waals surface area contributed by atoms with Crippen molar-refractivity contribution < 1.29 is 9.53 Å². The summed E-state index contributed by atoms with van der Waals surface area (Å²) in [4.78, 5) is 12.0. The number of nitrogens with zero attached hydrogens (tertiary/aromatic N) is 1. The molecule has 0 aliphatic rings. The third-order valence-corrected chi connectivity index (χ3v) is 2.91. The number of carbonyl (C=O) groups is 1. The minimum absolute atomic E-state index is 0.290. The van der Waals surface area contributed by atoms with Gasteiger partial charge < -0.3 is 4.74 Å². The number of rotatable bonds is 4. The van der Waals surface area contributed by atoms with Gasteiger partial charge in [-0.05, 0) is 25.1 Å². The first kappa shape index (κ1) is 13.7. The lowest BCUT2D eigenvalue weighted by Crippen LogP contribution is -2.13. The molecule has 1 amide bonds. The van der Waals surface area contributed by atoms with Crippen LogP contribution in [0.15, 0.2) is 23.1 Å². The van der Waals surface area contributed by atoms with Crippen LogP contribution in [0.25, 0.3) is 0 Å². The molecule has 6 heteroatoms. The summed E-state index contributed by atoms with van der Waals surface area (Å²) in [6.45, 7) is 2.03. The molecule has 0 aromatic heterocycles. The Morgan fingerprint density at radius 1 is 1.65 bits per heavy atom. The molecular formula is C11H11ClN2O2S.